The van der Waals surface area contributed by atoms with Crippen molar-refractivity contribution in [3.05, 3.63) is 34.9 Å². The van der Waals surface area contributed by atoms with Gasteiger partial charge in [0.1, 0.15) is 54.9 Å². The summed E-state index contributed by atoms with van der Waals surface area (Å²) < 4.78 is 28.3. The molecule has 15 heteroatoms. The summed E-state index contributed by atoms with van der Waals surface area (Å²) in [5, 5.41) is 93.1. The largest absolute Gasteiger partial charge is 0.458 e. The Morgan fingerprint density at radius 1 is 0.878 bits per heavy atom. The highest BCUT2D eigenvalue weighted by Gasteiger charge is 2.47. The molecule has 0 aromatic carbocycles. The van der Waals surface area contributed by atoms with Crippen LogP contribution in [0, 0.1) is 0 Å². The van der Waals surface area contributed by atoms with E-state index in [4.69, 9.17) is 23.7 Å². The zero-order chi connectivity index (χ0) is 37.5. The molecule has 1 aliphatic heterocycles. The van der Waals surface area contributed by atoms with Crippen LogP contribution in [0.25, 0.3) is 0 Å². The summed E-state index contributed by atoms with van der Waals surface area (Å²) in [5.41, 5.74) is 0.794. The third-order valence-corrected chi connectivity index (χ3v) is 8.18. The van der Waals surface area contributed by atoms with E-state index in [1.807, 2.05) is 33.8 Å². The van der Waals surface area contributed by atoms with Crippen LogP contribution in [0.5, 0.6) is 0 Å². The van der Waals surface area contributed by atoms with Crippen molar-refractivity contribution in [1.82, 2.24) is 0 Å². The smallest absolute Gasteiger partial charge is 0.303 e. The molecule has 9 N–H and O–H groups in total. The van der Waals surface area contributed by atoms with Crippen LogP contribution >= 0.6 is 0 Å². The quantitative estimate of drug-likeness (QED) is 0.0387. The van der Waals surface area contributed by atoms with E-state index >= 15 is 0 Å². The van der Waals surface area contributed by atoms with Crippen molar-refractivity contribution < 1.29 is 74.4 Å². The van der Waals surface area contributed by atoms with Crippen molar-refractivity contribution in [2.75, 3.05) is 33.0 Å². The molecular weight excluding hydrogens is 648 g/mol. The summed E-state index contributed by atoms with van der Waals surface area (Å²) in [6.45, 7) is 10.0. The van der Waals surface area contributed by atoms with Gasteiger partial charge in [0.15, 0.2) is 6.29 Å². The zero-order valence-electron chi connectivity index (χ0n) is 29.7. The molecule has 15 nitrogen and oxygen atoms in total. The molecule has 286 valence electrons. The molecule has 1 aliphatic rings. The Bertz CT molecular complexity index is 1050. The lowest BCUT2D eigenvalue weighted by molar-refractivity contribution is -0.324. The van der Waals surface area contributed by atoms with Crippen LogP contribution in [0.2, 0.25) is 0 Å². The predicted molar refractivity (Wildman–Crippen MR) is 177 cm³/mol. The summed E-state index contributed by atoms with van der Waals surface area (Å²) >= 11 is 0. The van der Waals surface area contributed by atoms with Crippen LogP contribution in [0.3, 0.4) is 0 Å². The van der Waals surface area contributed by atoms with Crippen molar-refractivity contribution in [2.45, 2.75) is 141 Å². The summed E-state index contributed by atoms with van der Waals surface area (Å²) in [5.74, 6) is -0.669. The molecule has 1 heterocycles. The molecule has 0 aromatic rings. The fraction of sp³-hybridized carbons (Fsp3) is 0.794. The first-order chi connectivity index (χ1) is 22.9. The van der Waals surface area contributed by atoms with E-state index in [0.29, 0.717) is 12.0 Å². The van der Waals surface area contributed by atoms with E-state index in [1.165, 1.54) is 19.9 Å². The van der Waals surface area contributed by atoms with Gasteiger partial charge in [0.2, 0.25) is 0 Å². The van der Waals surface area contributed by atoms with Crippen molar-refractivity contribution >= 4 is 5.97 Å². The van der Waals surface area contributed by atoms with E-state index in [0.717, 1.165) is 11.1 Å². The molecule has 0 spiro atoms. The summed E-state index contributed by atoms with van der Waals surface area (Å²) in [6, 6.07) is 0. The molecule has 0 bridgehead atoms. The van der Waals surface area contributed by atoms with Gasteiger partial charge in [0, 0.05) is 13.3 Å². The van der Waals surface area contributed by atoms with Gasteiger partial charge in [-0.25, -0.2) is 0 Å². The van der Waals surface area contributed by atoms with Gasteiger partial charge in [-0.15, -0.1) is 0 Å². The lowest BCUT2D eigenvalue weighted by atomic mass is 9.87. The average molecular weight is 709 g/mol. The Morgan fingerprint density at radius 2 is 1.51 bits per heavy atom. The highest BCUT2D eigenvalue weighted by Crippen LogP contribution is 2.31. The number of carbonyl (C=O) groups excluding carboxylic acids is 1. The first-order valence-electron chi connectivity index (χ1n) is 16.5. The zero-order valence-corrected chi connectivity index (χ0v) is 29.7. The summed E-state index contributed by atoms with van der Waals surface area (Å²) in [7, 11) is 0. The molecule has 0 amide bonds. The van der Waals surface area contributed by atoms with Crippen LogP contribution in [0.1, 0.15) is 67.7 Å². The number of rotatable bonds is 22. The average Bonchev–Trinajstić information content (AvgIpc) is 3.02. The number of hydrogen-bond donors (Lipinski definition) is 9. The molecule has 3 unspecified atom stereocenters. The maximum atomic E-state index is 12.2. The van der Waals surface area contributed by atoms with E-state index in [-0.39, 0.29) is 32.7 Å². The number of esters is 1. The van der Waals surface area contributed by atoms with Gasteiger partial charge in [-0.3, -0.25) is 4.79 Å². The predicted octanol–water partition coefficient (Wildman–Crippen LogP) is -0.620. The number of hydrogen-bond acceptors (Lipinski definition) is 15. The Hall–Kier alpha value is -1.83. The van der Waals surface area contributed by atoms with Crippen LogP contribution in [-0.4, -0.2) is 158 Å². The first kappa shape index (κ1) is 45.2. The van der Waals surface area contributed by atoms with Gasteiger partial charge in [-0.1, -0.05) is 29.4 Å². The number of ether oxygens (including phenoxy) is 5. The minimum atomic E-state index is -1.75. The minimum Gasteiger partial charge on any atom is -0.458 e. The van der Waals surface area contributed by atoms with Gasteiger partial charge in [0.25, 0.3) is 0 Å². The molecule has 1 rings (SSSR count). The van der Waals surface area contributed by atoms with Crippen molar-refractivity contribution in [1.29, 1.82) is 0 Å². The molecule has 49 heavy (non-hydrogen) atoms. The van der Waals surface area contributed by atoms with Crippen LogP contribution in [-0.2, 0) is 28.5 Å². The maximum absolute atomic E-state index is 12.2. The van der Waals surface area contributed by atoms with Gasteiger partial charge in [0.05, 0.1) is 44.7 Å². The molecular formula is C34H60O15. The lowest BCUT2D eigenvalue weighted by Gasteiger charge is -2.43. The Kier molecular flexibility index (Phi) is 20.5. The van der Waals surface area contributed by atoms with Gasteiger partial charge < -0.3 is 69.6 Å². The highest BCUT2D eigenvalue weighted by molar-refractivity contribution is 5.66. The van der Waals surface area contributed by atoms with Crippen LogP contribution < -0.4 is 0 Å². The first-order valence-corrected chi connectivity index (χ1v) is 16.5. The molecule has 0 saturated carbocycles. The SMILES string of the molecule is CC(=O)OC(CC(O[C@@H]1O[C@H](CO)[C@@H](O)[C@H](O)[C@@H]1O)C(C)(O)CCC=C(C)C)/C(C)=C/CO[C@@H]([C@H](O)[C@H](O)CO)[C@H](O)COCC=C(C)C. The fourth-order valence-electron chi connectivity index (χ4n) is 5.03. The molecule has 12 atom stereocenters. The monoisotopic (exact) mass is 708 g/mol. The summed E-state index contributed by atoms with van der Waals surface area (Å²) in [6.07, 6.45) is -10.7. The minimum absolute atomic E-state index is 0.166. The van der Waals surface area contributed by atoms with E-state index in [9.17, 15) is 50.8 Å². The van der Waals surface area contributed by atoms with E-state index in [2.05, 4.69) is 0 Å². The molecule has 0 aliphatic carbocycles. The lowest BCUT2D eigenvalue weighted by Crippen LogP contribution is -2.61. The van der Waals surface area contributed by atoms with Gasteiger partial charge in [-0.05, 0) is 60.0 Å². The topological polar surface area (TPSA) is 245 Å². The van der Waals surface area contributed by atoms with Crippen LogP contribution in [0.4, 0.5) is 0 Å². The molecule has 0 radical (unpaired) electrons. The second-order valence-electron chi connectivity index (χ2n) is 13.2. The van der Waals surface area contributed by atoms with Crippen molar-refractivity contribution in [3.8, 4) is 0 Å². The molecule has 0 aromatic heterocycles. The Morgan fingerprint density at radius 3 is 2.06 bits per heavy atom. The second kappa shape index (κ2) is 22.2. The van der Waals surface area contributed by atoms with Crippen LogP contribution in [0.15, 0.2) is 34.9 Å². The second-order valence-corrected chi connectivity index (χ2v) is 13.2. The molecule has 1 saturated heterocycles. The third-order valence-electron chi connectivity index (χ3n) is 8.18. The maximum Gasteiger partial charge on any atom is 0.303 e. The van der Waals surface area contributed by atoms with Crippen molar-refractivity contribution in [3.63, 3.8) is 0 Å². The normalized spacial score (nSPS) is 26.4. The van der Waals surface area contributed by atoms with Gasteiger partial charge in [-0.2, -0.15) is 0 Å². The highest BCUT2D eigenvalue weighted by atomic mass is 16.7. The Labute approximate surface area is 289 Å². The number of allylic oxidation sites excluding steroid dienone is 3. The Balaban J connectivity index is 3.32. The number of carbonyl (C=O) groups is 1. The number of aliphatic hydroxyl groups excluding tert-OH is 8. The van der Waals surface area contributed by atoms with E-state index in [1.54, 1.807) is 13.0 Å². The fourth-order valence-corrected chi connectivity index (χ4v) is 5.03. The standard InChI is InChI=1S/C34H60O15/c1-19(2)9-8-12-34(7,44)27(49-33-31(43)30(42)29(41)26(17-36)48-33)15-25(47-22(6)37)21(5)11-14-46-32(28(40)23(38)16-35)24(39)18-45-13-10-20(3)4/h9-11,23-33,35-36,38-44H,8,12-18H2,1-7H3/b21-11+/t23-,24-,25?,26-,27?,28-,29-,30+,31+,32-,33+,34?/m1/s1. The molecule has 1 fully saturated rings. The summed E-state index contributed by atoms with van der Waals surface area (Å²) in [4.78, 5) is 12.2. The van der Waals surface area contributed by atoms with Gasteiger partial charge >= 0.3 is 5.97 Å². The van der Waals surface area contributed by atoms with E-state index < -0.39 is 92.1 Å². The van der Waals surface area contributed by atoms with Crippen molar-refractivity contribution in [2.24, 2.45) is 0 Å². The number of aliphatic hydroxyl groups is 9. The third kappa shape index (κ3) is 15.5.